The second kappa shape index (κ2) is 8.76. The van der Waals surface area contributed by atoms with E-state index in [0.717, 1.165) is 16.5 Å². The monoisotopic (exact) mass is 421 g/mol. The molecule has 0 spiro atoms. The van der Waals surface area contributed by atoms with Crippen LogP contribution >= 0.6 is 11.6 Å². The van der Waals surface area contributed by atoms with E-state index in [2.05, 4.69) is 10.2 Å². The second-order valence-corrected chi connectivity index (χ2v) is 7.80. The maximum Gasteiger partial charge on any atom is 0.256 e. The largest absolute Gasteiger partial charge is 0.366 e. The molecule has 0 atom stereocenters. The lowest BCUT2D eigenvalue weighted by atomic mass is 10.0. The van der Waals surface area contributed by atoms with Gasteiger partial charge in [-0.15, -0.1) is 0 Å². The molecule has 3 aromatic carbocycles. The van der Waals surface area contributed by atoms with Crippen molar-refractivity contribution in [3.05, 3.63) is 71.2 Å². The van der Waals surface area contributed by atoms with E-state index in [9.17, 15) is 9.59 Å². The van der Waals surface area contributed by atoms with E-state index >= 15 is 0 Å². The van der Waals surface area contributed by atoms with Crippen LogP contribution in [0.4, 0.5) is 11.4 Å². The van der Waals surface area contributed by atoms with Crippen molar-refractivity contribution in [2.45, 2.75) is 13.3 Å². The first-order chi connectivity index (χ1) is 14.6. The number of carbonyl (C=O) groups excluding carboxylic acids is 2. The Labute approximate surface area is 181 Å². The number of benzene rings is 3. The average Bonchev–Trinajstić information content (AvgIpc) is 2.78. The van der Waals surface area contributed by atoms with Crippen LogP contribution in [0.15, 0.2) is 60.7 Å². The molecule has 4 rings (SSSR count). The molecule has 0 aliphatic carbocycles. The van der Waals surface area contributed by atoms with E-state index in [1.807, 2.05) is 66.4 Å². The van der Waals surface area contributed by atoms with Gasteiger partial charge in [-0.05, 0) is 35.0 Å². The molecule has 0 saturated carbocycles. The Balaban J connectivity index is 1.58. The number of fused-ring (bicyclic) bond motifs is 1. The molecule has 0 radical (unpaired) electrons. The molecule has 3 aromatic rings. The first kappa shape index (κ1) is 20.2. The van der Waals surface area contributed by atoms with Crippen molar-refractivity contribution in [2.24, 2.45) is 0 Å². The molecule has 0 bridgehead atoms. The molecule has 1 fully saturated rings. The molecule has 1 aliphatic rings. The van der Waals surface area contributed by atoms with Crippen LogP contribution < -0.4 is 10.2 Å². The van der Waals surface area contributed by atoms with Gasteiger partial charge in [0.05, 0.1) is 11.4 Å². The van der Waals surface area contributed by atoms with Gasteiger partial charge in [0.15, 0.2) is 0 Å². The molecule has 1 heterocycles. The Bertz CT molecular complexity index is 1090. The number of anilines is 2. The summed E-state index contributed by atoms with van der Waals surface area (Å²) in [7, 11) is 0. The minimum atomic E-state index is -0.171. The quantitative estimate of drug-likeness (QED) is 0.658. The van der Waals surface area contributed by atoms with E-state index in [1.54, 1.807) is 6.07 Å². The molecule has 1 N–H and O–H groups in total. The highest BCUT2D eigenvalue weighted by Crippen LogP contribution is 2.31. The maximum atomic E-state index is 13.1. The lowest BCUT2D eigenvalue weighted by Gasteiger charge is -2.37. The molecule has 5 nitrogen and oxygen atoms in total. The molecule has 0 aromatic heterocycles. The maximum absolute atomic E-state index is 13.1. The highest BCUT2D eigenvalue weighted by Gasteiger charge is 2.22. The molecular weight excluding hydrogens is 398 g/mol. The Morgan fingerprint density at radius 2 is 1.70 bits per heavy atom. The Morgan fingerprint density at radius 3 is 2.47 bits per heavy atom. The molecule has 1 aliphatic heterocycles. The number of rotatable bonds is 4. The minimum Gasteiger partial charge on any atom is -0.366 e. The normalized spacial score (nSPS) is 14.1. The van der Waals surface area contributed by atoms with Gasteiger partial charge in [0, 0.05) is 43.2 Å². The summed E-state index contributed by atoms with van der Waals surface area (Å²) in [5.74, 6) is 0.00496. The van der Waals surface area contributed by atoms with Crippen molar-refractivity contribution < 1.29 is 9.59 Å². The molecule has 0 unspecified atom stereocenters. The van der Waals surface area contributed by atoms with Gasteiger partial charge in [0.1, 0.15) is 0 Å². The van der Waals surface area contributed by atoms with Crippen LogP contribution in [-0.4, -0.2) is 42.9 Å². The zero-order chi connectivity index (χ0) is 21.1. The van der Waals surface area contributed by atoms with Crippen molar-refractivity contribution in [1.82, 2.24) is 4.90 Å². The molecule has 154 valence electrons. The number of nitrogens with one attached hydrogen (secondary N) is 1. The lowest BCUT2D eigenvalue weighted by Crippen LogP contribution is -2.48. The summed E-state index contributed by atoms with van der Waals surface area (Å²) < 4.78 is 0. The van der Waals surface area contributed by atoms with Gasteiger partial charge < -0.3 is 15.1 Å². The van der Waals surface area contributed by atoms with Crippen LogP contribution in [0, 0.1) is 0 Å². The standard InChI is InChI=1S/C24H24ClN3O2/c1-2-23(29)28-14-12-27(13-15-28)22-11-10-18(25)16-21(22)26-24(30)20-9-5-7-17-6-3-4-8-19(17)20/h3-11,16H,2,12-15H2,1H3,(H,26,30). The summed E-state index contributed by atoms with van der Waals surface area (Å²) >= 11 is 6.24. The number of halogens is 1. The SMILES string of the molecule is CCC(=O)N1CCN(c2ccc(Cl)cc2NC(=O)c2cccc3ccccc23)CC1. The summed E-state index contributed by atoms with van der Waals surface area (Å²) in [5.41, 5.74) is 2.21. The van der Waals surface area contributed by atoms with Crippen molar-refractivity contribution in [3.8, 4) is 0 Å². The van der Waals surface area contributed by atoms with Crippen molar-refractivity contribution >= 4 is 45.6 Å². The van der Waals surface area contributed by atoms with E-state index in [4.69, 9.17) is 11.6 Å². The number of carbonyl (C=O) groups is 2. The van der Waals surface area contributed by atoms with Gasteiger partial charge in [-0.25, -0.2) is 0 Å². The van der Waals surface area contributed by atoms with E-state index in [0.29, 0.717) is 48.9 Å². The third-order valence-corrected chi connectivity index (χ3v) is 5.75. The van der Waals surface area contributed by atoms with Gasteiger partial charge in [-0.2, -0.15) is 0 Å². The van der Waals surface area contributed by atoms with Crippen molar-refractivity contribution in [2.75, 3.05) is 36.4 Å². The number of amides is 2. The zero-order valence-corrected chi connectivity index (χ0v) is 17.7. The third kappa shape index (κ3) is 4.12. The fraction of sp³-hybridized carbons (Fsp3) is 0.250. The molecule has 1 saturated heterocycles. The number of hydrogen-bond acceptors (Lipinski definition) is 3. The number of nitrogens with zero attached hydrogens (tertiary/aromatic N) is 2. The summed E-state index contributed by atoms with van der Waals surface area (Å²) in [6, 6.07) is 19.1. The zero-order valence-electron chi connectivity index (χ0n) is 16.9. The van der Waals surface area contributed by atoms with Crippen LogP contribution in [0.5, 0.6) is 0 Å². The first-order valence-electron chi connectivity index (χ1n) is 10.2. The predicted molar refractivity (Wildman–Crippen MR) is 122 cm³/mol. The predicted octanol–water partition coefficient (Wildman–Crippen LogP) is 4.80. The summed E-state index contributed by atoms with van der Waals surface area (Å²) in [6.45, 7) is 4.65. The van der Waals surface area contributed by atoms with Crippen molar-refractivity contribution in [3.63, 3.8) is 0 Å². The van der Waals surface area contributed by atoms with Gasteiger partial charge in [0.2, 0.25) is 5.91 Å². The van der Waals surface area contributed by atoms with Crippen LogP contribution in [0.1, 0.15) is 23.7 Å². The highest BCUT2D eigenvalue weighted by molar-refractivity contribution is 6.31. The first-order valence-corrected chi connectivity index (χ1v) is 10.6. The number of hydrogen-bond donors (Lipinski definition) is 1. The summed E-state index contributed by atoms with van der Waals surface area (Å²) in [6.07, 6.45) is 0.521. The second-order valence-electron chi connectivity index (χ2n) is 7.36. The Kier molecular flexibility index (Phi) is 5.91. The van der Waals surface area contributed by atoms with Crippen molar-refractivity contribution in [1.29, 1.82) is 0 Å². The minimum absolute atomic E-state index is 0.171. The van der Waals surface area contributed by atoms with Gasteiger partial charge >= 0.3 is 0 Å². The summed E-state index contributed by atoms with van der Waals surface area (Å²) in [4.78, 5) is 29.2. The molecular formula is C24H24ClN3O2. The number of piperazine rings is 1. The van der Waals surface area contributed by atoms with Crippen LogP contribution in [0.3, 0.4) is 0 Å². The average molecular weight is 422 g/mol. The van der Waals surface area contributed by atoms with E-state index < -0.39 is 0 Å². The summed E-state index contributed by atoms with van der Waals surface area (Å²) in [5, 5.41) is 5.55. The molecule has 6 heteroatoms. The molecule has 30 heavy (non-hydrogen) atoms. The van der Waals surface area contributed by atoms with Gasteiger partial charge in [0.25, 0.3) is 5.91 Å². The Hall–Kier alpha value is -3.05. The third-order valence-electron chi connectivity index (χ3n) is 5.52. The smallest absolute Gasteiger partial charge is 0.256 e. The molecule has 2 amide bonds. The van der Waals surface area contributed by atoms with Crippen LogP contribution in [-0.2, 0) is 4.79 Å². The van der Waals surface area contributed by atoms with Crippen LogP contribution in [0.2, 0.25) is 5.02 Å². The highest BCUT2D eigenvalue weighted by atomic mass is 35.5. The van der Waals surface area contributed by atoms with Gasteiger partial charge in [-0.1, -0.05) is 54.9 Å². The van der Waals surface area contributed by atoms with Gasteiger partial charge in [-0.3, -0.25) is 9.59 Å². The Morgan fingerprint density at radius 1 is 0.967 bits per heavy atom. The van der Waals surface area contributed by atoms with Crippen LogP contribution in [0.25, 0.3) is 10.8 Å². The topological polar surface area (TPSA) is 52.7 Å². The fourth-order valence-corrected chi connectivity index (χ4v) is 4.09. The fourth-order valence-electron chi connectivity index (χ4n) is 3.92. The lowest BCUT2D eigenvalue weighted by molar-refractivity contribution is -0.131. The van der Waals surface area contributed by atoms with E-state index in [1.165, 1.54) is 0 Å². The van der Waals surface area contributed by atoms with E-state index in [-0.39, 0.29) is 11.8 Å².